The van der Waals surface area contributed by atoms with Gasteiger partial charge in [0.15, 0.2) is 0 Å². The summed E-state index contributed by atoms with van der Waals surface area (Å²) < 4.78 is 8.01. The van der Waals surface area contributed by atoms with Crippen LogP contribution in [0.2, 0.25) is 0 Å². The van der Waals surface area contributed by atoms with Crippen molar-refractivity contribution in [3.05, 3.63) is 321 Å². The van der Waals surface area contributed by atoms with Gasteiger partial charge in [0.1, 0.15) is 0 Å². The van der Waals surface area contributed by atoms with Crippen molar-refractivity contribution in [1.29, 1.82) is 0 Å². The molecule has 12 rings (SSSR count). The van der Waals surface area contributed by atoms with Crippen molar-refractivity contribution in [3.8, 4) is 33.4 Å². The molecular weight excluding hydrogens is 1250 g/mol. The molecule has 2 aliphatic rings. The Morgan fingerprint density at radius 3 is 0.875 bits per heavy atom. The molecule has 0 unspecified atom stereocenters. The van der Waals surface area contributed by atoms with Gasteiger partial charge in [-0.25, -0.2) is 0 Å². The molecule has 0 amide bonds. The molecule has 0 spiro atoms. The molecule has 0 N–H and O–H groups in total. The van der Waals surface area contributed by atoms with Gasteiger partial charge in [0, 0.05) is 1.37 Å². The monoisotopic (exact) mass is 1390 g/mol. The van der Waals surface area contributed by atoms with Crippen molar-refractivity contribution in [2.45, 2.75) is 287 Å². The Hall–Kier alpha value is -7.80. The molecule has 0 nitrogen and oxygen atoms in total. The van der Waals surface area contributed by atoms with Crippen LogP contribution in [-0.4, -0.2) is 0 Å². The third-order valence-electron chi connectivity index (χ3n) is 20.9. The van der Waals surface area contributed by atoms with Crippen molar-refractivity contribution in [2.24, 2.45) is 0 Å². The summed E-state index contributed by atoms with van der Waals surface area (Å²) in [6.07, 6.45) is 14.4. The predicted octanol–water partition coefficient (Wildman–Crippen LogP) is 32.6. The second-order valence-corrected chi connectivity index (χ2v) is 33.1. The molecule has 2 aliphatic carbocycles. The van der Waals surface area contributed by atoms with Crippen molar-refractivity contribution >= 4 is 0 Å². The molecule has 0 heteroatoms. The van der Waals surface area contributed by atoms with Crippen LogP contribution in [0.25, 0.3) is 33.4 Å². The van der Waals surface area contributed by atoms with Gasteiger partial charge in [-0.2, -0.15) is 0 Å². The van der Waals surface area contributed by atoms with Crippen LogP contribution in [0.15, 0.2) is 249 Å². The highest BCUT2D eigenvalue weighted by Gasteiger charge is 2.26. The molecule has 104 heavy (non-hydrogen) atoms. The van der Waals surface area contributed by atoms with Crippen molar-refractivity contribution < 1.29 is 1.37 Å². The average Bonchev–Trinajstić information content (AvgIpc) is 0.827. The van der Waals surface area contributed by atoms with E-state index in [1.165, 1.54) is 148 Å². The van der Waals surface area contributed by atoms with E-state index in [0.717, 1.165) is 17.4 Å². The minimum Gasteiger partial charge on any atom is -0.0622 e. The summed E-state index contributed by atoms with van der Waals surface area (Å²) >= 11 is 0. The molecule has 0 aliphatic heterocycles. The quantitative estimate of drug-likeness (QED) is 0.102. The average molecular weight is 1390 g/mol. The summed E-state index contributed by atoms with van der Waals surface area (Å²) in [7, 11) is 0. The lowest BCUT2D eigenvalue weighted by molar-refractivity contribution is 0.429. The van der Waals surface area contributed by atoms with Crippen LogP contribution in [0, 0.1) is 6.92 Å². The lowest BCUT2D eigenvalue weighted by Crippen LogP contribution is -2.14. The van der Waals surface area contributed by atoms with E-state index in [1.807, 2.05) is 26.0 Å². The first-order chi connectivity index (χ1) is 50.0. The van der Waals surface area contributed by atoms with Gasteiger partial charge < -0.3 is 0 Å². The highest BCUT2D eigenvalue weighted by Crippen LogP contribution is 2.44. The van der Waals surface area contributed by atoms with Gasteiger partial charge >= 0.3 is 0 Å². The maximum absolute atomic E-state index is 8.01. The maximum atomic E-state index is 8.01. The third kappa shape index (κ3) is 26.1. The van der Waals surface area contributed by atoms with Gasteiger partial charge in [-0.1, -0.05) is 433 Å². The van der Waals surface area contributed by atoms with Gasteiger partial charge in [0.25, 0.3) is 0 Å². The van der Waals surface area contributed by atoms with Gasteiger partial charge in [0.05, 0.1) is 0 Å². The van der Waals surface area contributed by atoms with E-state index in [4.69, 9.17) is 1.37 Å². The standard InChI is InChI=1S/C21H32.C21H20.C15H16.C13H20.2C12H18.C10H14/c2*1-16(2)21-19(17-10-5-3-6-11-17)14-9-15-20(21)18-12-7-4-8-13-18;1-12(2)14-10-6-7-11-15(14)13-8-4-3-5-9-13;1-10(2)11-8-6-7-9-12(11)13(3,4)5;2*1-9(2)11-7-5-6-8-12(11)10(3)4;1-8(2)10-7-5-4-6-9(10)3/h9,14-18H,3-8,10-13H2,1-2H3;3-16H,1-2H3;3-12H,1-2H3;6-10H,1-5H3;2*5-10H,1-4H3;4-8H,1-3H3/i;;;;9D;;. The summed E-state index contributed by atoms with van der Waals surface area (Å²) in [6.45, 7) is 49.0. The fraction of sp³-hybridized carbons (Fsp3) is 0.423. The Labute approximate surface area is 638 Å². The second-order valence-electron chi connectivity index (χ2n) is 33.1. The van der Waals surface area contributed by atoms with Gasteiger partial charge in [-0.3, -0.25) is 0 Å². The van der Waals surface area contributed by atoms with Gasteiger partial charge in [-0.05, 0) is 209 Å². The van der Waals surface area contributed by atoms with Gasteiger partial charge in [-0.15, -0.1) is 0 Å². The molecule has 0 radical (unpaired) electrons. The molecule has 2 saturated carbocycles. The Kier molecular flexibility index (Phi) is 35.0. The lowest BCUT2D eigenvalue weighted by Gasteiger charge is -2.31. The number of benzene rings is 10. The smallest absolute Gasteiger partial charge is 0.0347 e. The number of hydrogen-bond acceptors (Lipinski definition) is 0. The summed E-state index contributed by atoms with van der Waals surface area (Å²) in [5.74, 6) is 6.00. The molecule has 554 valence electrons. The van der Waals surface area contributed by atoms with E-state index in [1.54, 1.807) is 16.7 Å². The van der Waals surface area contributed by atoms with E-state index < -0.39 is 5.89 Å². The summed E-state index contributed by atoms with van der Waals surface area (Å²) in [5.41, 5.74) is 27.4. The first-order valence-electron chi connectivity index (χ1n) is 40.9. The molecule has 0 atom stereocenters. The second kappa shape index (κ2) is 43.6. The van der Waals surface area contributed by atoms with E-state index in [-0.39, 0.29) is 5.41 Å². The lowest BCUT2D eigenvalue weighted by atomic mass is 9.74. The molecule has 0 bridgehead atoms. The van der Waals surface area contributed by atoms with E-state index in [9.17, 15) is 0 Å². The summed E-state index contributed by atoms with van der Waals surface area (Å²) in [5, 5.41) is 0. The van der Waals surface area contributed by atoms with Gasteiger partial charge in [0.2, 0.25) is 0 Å². The molecule has 0 aromatic heterocycles. The SMILES string of the molecule is CC(C)c1c(-c2ccccc2)cccc1-c1ccccc1.CC(C)c1c(C2CCCCC2)cccc1C1CCCCC1.CC(C)c1ccccc1-c1ccccc1.CC(C)c1ccccc1C(C)(C)C.CC(C)c1ccccc1C(C)C.Cc1ccccc1C(C)C.[2H]C(C)(C)c1ccccc1C(C)C. The molecule has 10 aromatic carbocycles. The third-order valence-corrected chi connectivity index (χ3v) is 20.9. The number of hydrogen-bond donors (Lipinski definition) is 0. The zero-order chi connectivity index (χ0) is 76.8. The van der Waals surface area contributed by atoms with Crippen LogP contribution < -0.4 is 0 Å². The van der Waals surface area contributed by atoms with E-state index in [2.05, 4.69) is 375 Å². The topological polar surface area (TPSA) is 0 Å². The molecule has 0 heterocycles. The Morgan fingerprint density at radius 1 is 0.260 bits per heavy atom. The fourth-order valence-electron chi connectivity index (χ4n) is 15.6. The zero-order valence-corrected chi connectivity index (χ0v) is 69.0. The number of rotatable bonds is 14. The van der Waals surface area contributed by atoms with Crippen LogP contribution >= 0.6 is 0 Å². The first kappa shape index (κ1) is 83.5. The minimum atomic E-state index is -0.485. The highest BCUT2D eigenvalue weighted by molar-refractivity contribution is 5.79. The number of aryl methyl sites for hydroxylation is 1. The van der Waals surface area contributed by atoms with Crippen LogP contribution in [0.1, 0.15) is 348 Å². The zero-order valence-electron chi connectivity index (χ0n) is 70.0. The van der Waals surface area contributed by atoms with E-state index >= 15 is 0 Å². The molecule has 0 saturated heterocycles. The highest BCUT2D eigenvalue weighted by atomic mass is 14.3. The predicted molar refractivity (Wildman–Crippen MR) is 463 cm³/mol. The van der Waals surface area contributed by atoms with Crippen molar-refractivity contribution in [1.82, 2.24) is 0 Å². The largest absolute Gasteiger partial charge is 0.0622 e. The van der Waals surface area contributed by atoms with Crippen LogP contribution in [-0.2, 0) is 5.41 Å². The Bertz CT molecular complexity index is 3870. The Morgan fingerprint density at radius 2 is 0.548 bits per heavy atom. The normalized spacial score (nSPS) is 13.5. The van der Waals surface area contributed by atoms with Crippen molar-refractivity contribution in [3.63, 3.8) is 0 Å². The van der Waals surface area contributed by atoms with E-state index in [0.29, 0.717) is 47.3 Å². The Balaban J connectivity index is 0.000000195. The maximum Gasteiger partial charge on any atom is 0.0347 e. The van der Waals surface area contributed by atoms with Crippen LogP contribution in [0.4, 0.5) is 0 Å². The first-order valence-corrected chi connectivity index (χ1v) is 40.4. The molecule has 10 aromatic rings. The summed E-state index contributed by atoms with van der Waals surface area (Å²) in [4.78, 5) is 0. The molecular formula is C104H138. The fourth-order valence-corrected chi connectivity index (χ4v) is 15.6. The minimum absolute atomic E-state index is 0.265. The summed E-state index contributed by atoms with van der Waals surface area (Å²) in [6, 6.07) is 88.7. The van der Waals surface area contributed by atoms with Crippen LogP contribution in [0.5, 0.6) is 0 Å². The van der Waals surface area contributed by atoms with Crippen molar-refractivity contribution in [2.75, 3.05) is 0 Å². The van der Waals surface area contributed by atoms with Crippen LogP contribution in [0.3, 0.4) is 0 Å². The molecule has 2 fully saturated rings.